The van der Waals surface area contributed by atoms with Gasteiger partial charge in [-0.2, -0.15) is 5.10 Å². The molecule has 1 fully saturated rings. The van der Waals surface area contributed by atoms with Crippen LogP contribution in [0.3, 0.4) is 0 Å². The van der Waals surface area contributed by atoms with Gasteiger partial charge in [0.2, 0.25) is 0 Å². The molecule has 156 valence electrons. The molecule has 1 aliphatic rings. The Morgan fingerprint density at radius 1 is 0.967 bits per heavy atom. The Morgan fingerprint density at radius 2 is 1.73 bits per heavy atom. The summed E-state index contributed by atoms with van der Waals surface area (Å²) in [6, 6.07) is 9.86. The van der Waals surface area contributed by atoms with Gasteiger partial charge >= 0.3 is 0 Å². The first-order valence-corrected chi connectivity index (χ1v) is 10.3. The van der Waals surface area contributed by atoms with Gasteiger partial charge in [0.25, 0.3) is 0 Å². The van der Waals surface area contributed by atoms with Gasteiger partial charge in [0.15, 0.2) is 5.82 Å². The molecule has 3 heterocycles. The number of aromatic nitrogens is 4. The van der Waals surface area contributed by atoms with E-state index >= 15 is 0 Å². The van der Waals surface area contributed by atoms with E-state index in [4.69, 9.17) is 0 Å². The molecule has 7 nitrogen and oxygen atoms in total. The van der Waals surface area contributed by atoms with Gasteiger partial charge in [0.1, 0.15) is 11.9 Å². The third kappa shape index (κ3) is 3.85. The summed E-state index contributed by atoms with van der Waals surface area (Å²) < 4.78 is 0. The number of aliphatic hydroxyl groups excluding tert-OH is 1. The Labute approximate surface area is 177 Å². The van der Waals surface area contributed by atoms with E-state index in [1.165, 1.54) is 0 Å². The van der Waals surface area contributed by atoms with Crippen LogP contribution in [0.4, 0.5) is 11.6 Å². The zero-order valence-electron chi connectivity index (χ0n) is 17.9. The monoisotopic (exact) mass is 404 g/mol. The SMILES string of the molecule is Cc1cnc(N2CCN(c3nnc(C(O)c4ccccc4)c(C)c3C)C[C@H]2C)cn1. The predicted octanol–water partition coefficient (Wildman–Crippen LogP) is 2.99. The van der Waals surface area contributed by atoms with Crippen molar-refractivity contribution in [1.82, 2.24) is 20.2 Å². The topological polar surface area (TPSA) is 78.3 Å². The minimum absolute atomic E-state index is 0.270. The fourth-order valence-electron chi connectivity index (χ4n) is 3.99. The van der Waals surface area contributed by atoms with Crippen LogP contribution in [0.15, 0.2) is 42.7 Å². The molecule has 0 aliphatic carbocycles. The summed E-state index contributed by atoms with van der Waals surface area (Å²) >= 11 is 0. The molecule has 1 N–H and O–H groups in total. The lowest BCUT2D eigenvalue weighted by Gasteiger charge is -2.41. The van der Waals surface area contributed by atoms with Crippen LogP contribution < -0.4 is 9.80 Å². The first kappa shape index (κ1) is 20.2. The number of anilines is 2. The molecule has 3 aromatic rings. The highest BCUT2D eigenvalue weighted by Gasteiger charge is 2.28. The number of hydrogen-bond donors (Lipinski definition) is 1. The molecule has 4 rings (SSSR count). The Morgan fingerprint density at radius 3 is 2.40 bits per heavy atom. The van der Waals surface area contributed by atoms with Crippen LogP contribution in [0.2, 0.25) is 0 Å². The Kier molecular flexibility index (Phi) is 5.63. The maximum absolute atomic E-state index is 10.8. The van der Waals surface area contributed by atoms with Crippen LogP contribution in [-0.4, -0.2) is 50.9 Å². The van der Waals surface area contributed by atoms with Crippen molar-refractivity contribution in [2.75, 3.05) is 29.4 Å². The van der Waals surface area contributed by atoms with Crippen molar-refractivity contribution < 1.29 is 5.11 Å². The van der Waals surface area contributed by atoms with Gasteiger partial charge in [-0.25, -0.2) is 4.98 Å². The second kappa shape index (κ2) is 8.36. The van der Waals surface area contributed by atoms with E-state index in [1.807, 2.05) is 56.6 Å². The summed E-state index contributed by atoms with van der Waals surface area (Å²) in [6.45, 7) is 10.7. The fraction of sp³-hybridized carbons (Fsp3) is 0.391. The van der Waals surface area contributed by atoms with E-state index in [0.717, 1.165) is 53.7 Å². The molecule has 1 aromatic carbocycles. The van der Waals surface area contributed by atoms with Gasteiger partial charge < -0.3 is 14.9 Å². The van der Waals surface area contributed by atoms with Crippen molar-refractivity contribution in [1.29, 1.82) is 0 Å². The molecule has 1 saturated heterocycles. The quantitative estimate of drug-likeness (QED) is 0.716. The van der Waals surface area contributed by atoms with E-state index in [-0.39, 0.29) is 6.04 Å². The van der Waals surface area contributed by atoms with Crippen LogP contribution in [-0.2, 0) is 0 Å². The standard InChI is InChI=1S/C23H28N6O/c1-15-12-25-20(13-24-15)29-11-10-28(14-16(29)2)23-18(4)17(3)21(26-27-23)22(30)19-8-6-5-7-9-19/h5-9,12-13,16,22,30H,10-11,14H2,1-4H3/t16-,22?/m1/s1. The average molecular weight is 405 g/mol. The highest BCUT2D eigenvalue weighted by molar-refractivity contribution is 5.53. The van der Waals surface area contributed by atoms with Gasteiger partial charge in [0, 0.05) is 25.7 Å². The minimum Gasteiger partial charge on any atom is -0.382 e. The van der Waals surface area contributed by atoms with Crippen molar-refractivity contribution in [3.8, 4) is 0 Å². The molecule has 0 radical (unpaired) electrons. The van der Waals surface area contributed by atoms with Gasteiger partial charge in [0.05, 0.1) is 23.8 Å². The number of benzene rings is 1. The lowest BCUT2D eigenvalue weighted by atomic mass is 10.0. The molecule has 0 spiro atoms. The highest BCUT2D eigenvalue weighted by atomic mass is 16.3. The van der Waals surface area contributed by atoms with E-state index in [0.29, 0.717) is 5.69 Å². The van der Waals surface area contributed by atoms with Gasteiger partial charge in [-0.05, 0) is 44.4 Å². The normalized spacial score (nSPS) is 17.8. The molecule has 2 aromatic heterocycles. The first-order valence-electron chi connectivity index (χ1n) is 10.3. The fourth-order valence-corrected chi connectivity index (χ4v) is 3.99. The van der Waals surface area contributed by atoms with Crippen molar-refractivity contribution in [3.63, 3.8) is 0 Å². The van der Waals surface area contributed by atoms with Gasteiger partial charge in [-0.3, -0.25) is 4.98 Å². The van der Waals surface area contributed by atoms with Gasteiger partial charge in [-0.1, -0.05) is 30.3 Å². The largest absolute Gasteiger partial charge is 0.382 e. The molecular weight excluding hydrogens is 376 g/mol. The van der Waals surface area contributed by atoms with E-state index in [2.05, 4.69) is 43.8 Å². The minimum atomic E-state index is -0.776. The molecule has 0 amide bonds. The van der Waals surface area contributed by atoms with Crippen molar-refractivity contribution in [2.24, 2.45) is 0 Å². The molecule has 1 unspecified atom stereocenters. The second-order valence-corrected chi connectivity index (χ2v) is 7.98. The van der Waals surface area contributed by atoms with Crippen molar-refractivity contribution in [3.05, 3.63) is 70.8 Å². The summed E-state index contributed by atoms with van der Waals surface area (Å²) in [5.41, 5.74) is 4.40. The number of hydrogen-bond acceptors (Lipinski definition) is 7. The lowest BCUT2D eigenvalue weighted by Crippen LogP contribution is -2.53. The zero-order chi connectivity index (χ0) is 21.3. The summed E-state index contributed by atoms with van der Waals surface area (Å²) in [6.07, 6.45) is 2.88. The molecule has 7 heteroatoms. The first-order chi connectivity index (χ1) is 14.5. The van der Waals surface area contributed by atoms with Crippen LogP contribution in [0.1, 0.15) is 41.1 Å². The third-order valence-corrected chi connectivity index (χ3v) is 5.90. The summed E-state index contributed by atoms with van der Waals surface area (Å²) in [4.78, 5) is 13.5. The van der Waals surface area contributed by atoms with Crippen molar-refractivity contribution >= 4 is 11.6 Å². The van der Waals surface area contributed by atoms with Crippen molar-refractivity contribution in [2.45, 2.75) is 39.8 Å². The van der Waals surface area contributed by atoms with E-state index in [9.17, 15) is 5.11 Å². The lowest BCUT2D eigenvalue weighted by molar-refractivity contribution is 0.213. The van der Waals surface area contributed by atoms with Crippen LogP contribution in [0.25, 0.3) is 0 Å². The molecule has 0 saturated carbocycles. The summed E-state index contributed by atoms with van der Waals surface area (Å²) in [7, 11) is 0. The summed E-state index contributed by atoms with van der Waals surface area (Å²) in [5, 5.41) is 19.7. The number of rotatable bonds is 4. The number of aryl methyl sites for hydroxylation is 1. The number of piperazine rings is 1. The Balaban J connectivity index is 1.54. The van der Waals surface area contributed by atoms with Crippen LogP contribution >= 0.6 is 0 Å². The molecule has 2 atom stereocenters. The molecular formula is C23H28N6O. The molecule has 30 heavy (non-hydrogen) atoms. The van der Waals surface area contributed by atoms with E-state index in [1.54, 1.807) is 0 Å². The predicted molar refractivity (Wildman–Crippen MR) is 118 cm³/mol. The van der Waals surface area contributed by atoms with Crippen LogP contribution in [0, 0.1) is 20.8 Å². The van der Waals surface area contributed by atoms with E-state index < -0.39 is 6.10 Å². The Hall–Kier alpha value is -3.06. The average Bonchev–Trinajstić information content (AvgIpc) is 2.76. The highest BCUT2D eigenvalue weighted by Crippen LogP contribution is 2.29. The molecule has 1 aliphatic heterocycles. The maximum atomic E-state index is 10.8. The Bertz CT molecular complexity index is 1010. The van der Waals surface area contributed by atoms with Crippen LogP contribution in [0.5, 0.6) is 0 Å². The smallest absolute Gasteiger partial charge is 0.154 e. The molecule has 0 bridgehead atoms. The zero-order valence-corrected chi connectivity index (χ0v) is 17.9. The van der Waals surface area contributed by atoms with Gasteiger partial charge in [-0.15, -0.1) is 5.10 Å². The number of nitrogens with zero attached hydrogens (tertiary/aromatic N) is 6. The second-order valence-electron chi connectivity index (χ2n) is 7.98. The number of aliphatic hydroxyl groups is 1. The third-order valence-electron chi connectivity index (χ3n) is 5.90. The summed E-state index contributed by atoms with van der Waals surface area (Å²) in [5.74, 6) is 1.80. The maximum Gasteiger partial charge on any atom is 0.154 e.